The average Bonchev–Trinajstić information content (AvgIpc) is 3.12. The van der Waals surface area contributed by atoms with Gasteiger partial charge in [-0.2, -0.15) is 4.31 Å². The summed E-state index contributed by atoms with van der Waals surface area (Å²) in [6, 6.07) is 7.33. The van der Waals surface area contributed by atoms with E-state index in [9.17, 15) is 18.3 Å². The summed E-state index contributed by atoms with van der Waals surface area (Å²) in [5, 5.41) is 9.70. The Bertz CT molecular complexity index is 1190. The van der Waals surface area contributed by atoms with E-state index in [2.05, 4.69) is 15.0 Å². The van der Waals surface area contributed by atoms with Gasteiger partial charge < -0.3 is 10.1 Å². The van der Waals surface area contributed by atoms with Crippen LogP contribution in [0.1, 0.15) is 50.7 Å². The van der Waals surface area contributed by atoms with Crippen LogP contribution in [-0.4, -0.2) is 51.3 Å². The molecule has 0 fully saturated rings. The second-order valence-corrected chi connectivity index (χ2v) is 10.3. The van der Waals surface area contributed by atoms with Gasteiger partial charge in [-0.3, -0.25) is 9.78 Å². The Hall–Kier alpha value is -2.78. The van der Waals surface area contributed by atoms with E-state index in [1.807, 2.05) is 33.8 Å². The molecule has 0 aliphatic rings. The van der Waals surface area contributed by atoms with Crippen LogP contribution in [0.25, 0.3) is 11.0 Å². The molecular formula is C23H30N4O4S. The molecule has 0 saturated heterocycles. The first-order chi connectivity index (χ1) is 15.1. The second kappa shape index (κ2) is 9.79. The first-order valence-electron chi connectivity index (χ1n) is 10.8. The number of carboxylic acid groups (broad SMARTS) is 1. The molecule has 172 valence electrons. The molecule has 1 aromatic carbocycles. The molecule has 1 atom stereocenters. The van der Waals surface area contributed by atoms with E-state index in [1.165, 1.54) is 0 Å². The summed E-state index contributed by atoms with van der Waals surface area (Å²) in [5.74, 6) is -0.267. The van der Waals surface area contributed by atoms with Crippen LogP contribution >= 0.6 is 0 Å². The van der Waals surface area contributed by atoms with E-state index < -0.39 is 22.0 Å². The highest BCUT2D eigenvalue weighted by molar-refractivity contribution is 7.89. The van der Waals surface area contributed by atoms with Crippen molar-refractivity contribution in [3.05, 3.63) is 53.6 Å². The van der Waals surface area contributed by atoms with E-state index in [0.717, 1.165) is 32.4 Å². The highest BCUT2D eigenvalue weighted by Crippen LogP contribution is 2.24. The minimum atomic E-state index is -3.95. The quantitative estimate of drug-likeness (QED) is 0.478. The van der Waals surface area contributed by atoms with Crippen molar-refractivity contribution >= 4 is 27.0 Å². The Labute approximate surface area is 188 Å². The summed E-state index contributed by atoms with van der Waals surface area (Å²) in [5.41, 5.74) is 3.44. The molecule has 0 saturated carbocycles. The van der Waals surface area contributed by atoms with Gasteiger partial charge in [0.25, 0.3) is 0 Å². The minimum absolute atomic E-state index is 0.0503. The lowest BCUT2D eigenvalue weighted by molar-refractivity contribution is -0.142. The maximum atomic E-state index is 13.3. The molecular weight excluding hydrogens is 428 g/mol. The topological polar surface area (TPSA) is 116 Å². The van der Waals surface area contributed by atoms with Crippen LogP contribution in [0.5, 0.6) is 0 Å². The number of sulfonamides is 1. The Kier molecular flexibility index (Phi) is 7.30. The summed E-state index contributed by atoms with van der Waals surface area (Å²) in [6.07, 6.45) is 3.01. The van der Waals surface area contributed by atoms with Crippen molar-refractivity contribution in [2.45, 2.75) is 57.9 Å². The number of hydrogen-bond acceptors (Lipinski definition) is 5. The molecule has 2 aromatic heterocycles. The molecule has 32 heavy (non-hydrogen) atoms. The standard InChI is InChI=1S/C23H30N4O4S/c1-5-12-27(21(23(28)29)13-15(2)3)32(30,31)18-8-6-17(7-9-18)14-20-22-19(10-11-24-20)25-16(4)26-22/h6-11,15,21H,5,12-14H2,1-4H3,(H,25,26)(H,28,29)/t21-/m0/s1. The van der Waals surface area contributed by atoms with E-state index in [-0.39, 0.29) is 23.8 Å². The molecule has 3 rings (SSSR count). The Morgan fingerprint density at radius 1 is 1.19 bits per heavy atom. The number of nitrogens with one attached hydrogen (secondary N) is 1. The number of H-pyrrole nitrogens is 1. The number of aryl methyl sites for hydroxylation is 1. The highest BCUT2D eigenvalue weighted by Gasteiger charge is 2.35. The number of fused-ring (bicyclic) bond motifs is 1. The summed E-state index contributed by atoms with van der Waals surface area (Å²) in [6.45, 7) is 7.65. The number of aliphatic carboxylic acids is 1. The fourth-order valence-electron chi connectivity index (χ4n) is 3.81. The average molecular weight is 459 g/mol. The van der Waals surface area contributed by atoms with Crippen LogP contribution in [0.2, 0.25) is 0 Å². The van der Waals surface area contributed by atoms with E-state index >= 15 is 0 Å². The van der Waals surface area contributed by atoms with E-state index in [1.54, 1.807) is 30.5 Å². The number of nitrogens with zero attached hydrogens (tertiary/aromatic N) is 3. The molecule has 0 aliphatic carbocycles. The lowest BCUT2D eigenvalue weighted by Crippen LogP contribution is -2.46. The first kappa shape index (κ1) is 23.9. The molecule has 8 nitrogen and oxygen atoms in total. The number of imidazole rings is 1. The van der Waals surface area contributed by atoms with Gasteiger partial charge in [-0.1, -0.05) is 32.9 Å². The molecule has 3 aromatic rings. The van der Waals surface area contributed by atoms with Gasteiger partial charge in [0, 0.05) is 19.2 Å². The normalized spacial score (nSPS) is 13.2. The van der Waals surface area contributed by atoms with Gasteiger partial charge in [-0.25, -0.2) is 13.4 Å². The van der Waals surface area contributed by atoms with Gasteiger partial charge >= 0.3 is 5.97 Å². The Morgan fingerprint density at radius 3 is 2.47 bits per heavy atom. The predicted molar refractivity (Wildman–Crippen MR) is 123 cm³/mol. The molecule has 0 radical (unpaired) electrons. The van der Waals surface area contributed by atoms with Crippen LogP contribution in [0.4, 0.5) is 0 Å². The van der Waals surface area contributed by atoms with Crippen molar-refractivity contribution in [1.29, 1.82) is 0 Å². The fraction of sp³-hybridized carbons (Fsp3) is 0.435. The van der Waals surface area contributed by atoms with Gasteiger partial charge in [0.1, 0.15) is 11.9 Å². The summed E-state index contributed by atoms with van der Waals surface area (Å²) >= 11 is 0. The zero-order valence-corrected chi connectivity index (χ0v) is 19.7. The maximum absolute atomic E-state index is 13.3. The van der Waals surface area contributed by atoms with Crippen molar-refractivity contribution in [2.75, 3.05) is 6.54 Å². The molecule has 0 spiro atoms. The van der Waals surface area contributed by atoms with Crippen molar-refractivity contribution < 1.29 is 18.3 Å². The summed E-state index contributed by atoms with van der Waals surface area (Å²) < 4.78 is 27.8. The number of rotatable bonds is 10. The largest absolute Gasteiger partial charge is 0.480 e. The van der Waals surface area contributed by atoms with Gasteiger partial charge in [-0.05, 0) is 49.4 Å². The van der Waals surface area contributed by atoms with Crippen molar-refractivity contribution in [3.8, 4) is 0 Å². The van der Waals surface area contributed by atoms with Crippen molar-refractivity contribution in [2.24, 2.45) is 5.92 Å². The molecule has 0 bridgehead atoms. The third-order valence-corrected chi connectivity index (χ3v) is 7.20. The number of carbonyl (C=O) groups is 1. The van der Waals surface area contributed by atoms with Gasteiger partial charge in [-0.15, -0.1) is 0 Å². The number of carboxylic acids is 1. The number of hydrogen-bond donors (Lipinski definition) is 2. The van der Waals surface area contributed by atoms with Gasteiger partial charge in [0.2, 0.25) is 10.0 Å². The van der Waals surface area contributed by atoms with Crippen LogP contribution in [-0.2, 0) is 21.2 Å². The van der Waals surface area contributed by atoms with Crippen LogP contribution in [0.15, 0.2) is 41.4 Å². The summed E-state index contributed by atoms with van der Waals surface area (Å²) in [4.78, 5) is 24.1. The van der Waals surface area contributed by atoms with Crippen LogP contribution in [0.3, 0.4) is 0 Å². The third-order valence-electron chi connectivity index (χ3n) is 5.27. The fourth-order valence-corrected chi connectivity index (χ4v) is 5.49. The lowest BCUT2D eigenvalue weighted by Gasteiger charge is -2.29. The lowest BCUT2D eigenvalue weighted by atomic mass is 10.0. The number of aromatic nitrogens is 3. The zero-order chi connectivity index (χ0) is 23.5. The smallest absolute Gasteiger partial charge is 0.322 e. The summed E-state index contributed by atoms with van der Waals surface area (Å²) in [7, 11) is -3.95. The molecule has 2 heterocycles. The Balaban J connectivity index is 1.89. The number of pyridine rings is 1. The molecule has 0 unspecified atom stereocenters. The van der Waals surface area contributed by atoms with Crippen LogP contribution in [0, 0.1) is 12.8 Å². The maximum Gasteiger partial charge on any atom is 0.322 e. The van der Waals surface area contributed by atoms with Gasteiger partial charge in [0.05, 0.1) is 21.6 Å². The first-order valence-corrected chi connectivity index (χ1v) is 12.2. The third kappa shape index (κ3) is 5.16. The predicted octanol–water partition coefficient (Wildman–Crippen LogP) is 3.76. The zero-order valence-electron chi connectivity index (χ0n) is 18.9. The SMILES string of the molecule is CCCN([C@@H](CC(C)C)C(=O)O)S(=O)(=O)c1ccc(Cc2nccc3nc(C)[nH]c23)cc1. The highest BCUT2D eigenvalue weighted by atomic mass is 32.2. The van der Waals surface area contributed by atoms with Crippen molar-refractivity contribution in [3.63, 3.8) is 0 Å². The number of aromatic amines is 1. The number of benzene rings is 1. The van der Waals surface area contributed by atoms with E-state index in [4.69, 9.17) is 0 Å². The molecule has 0 amide bonds. The molecule has 2 N–H and O–H groups in total. The second-order valence-electron chi connectivity index (χ2n) is 8.39. The van der Waals surface area contributed by atoms with Crippen molar-refractivity contribution in [1.82, 2.24) is 19.3 Å². The van der Waals surface area contributed by atoms with Crippen LogP contribution < -0.4 is 0 Å². The Morgan fingerprint density at radius 2 is 1.88 bits per heavy atom. The molecule has 0 aliphatic heterocycles. The van der Waals surface area contributed by atoms with Gasteiger partial charge in [0.15, 0.2) is 0 Å². The monoisotopic (exact) mass is 458 g/mol. The van der Waals surface area contributed by atoms with E-state index in [0.29, 0.717) is 12.8 Å². The molecule has 9 heteroatoms. The minimum Gasteiger partial charge on any atom is -0.480 e.